The predicted molar refractivity (Wildman–Crippen MR) is 76.9 cm³/mol. The van der Waals surface area contributed by atoms with Gasteiger partial charge in [0.05, 0.1) is 17.6 Å². The standard InChI is InChI=1S/C12H16N2O3S2/c1-17-11-5-4-9(8-10(11)12(13)18)19(15,16)14-6-2-3-7-14/h4-5,8H,2-3,6-7H2,1H3,(H2,13,18). The van der Waals surface area contributed by atoms with Gasteiger partial charge in [-0.2, -0.15) is 4.31 Å². The summed E-state index contributed by atoms with van der Waals surface area (Å²) in [6, 6.07) is 4.58. The van der Waals surface area contributed by atoms with Crippen LogP contribution in [0.25, 0.3) is 0 Å². The van der Waals surface area contributed by atoms with Crippen LogP contribution in [0.15, 0.2) is 23.1 Å². The lowest BCUT2D eigenvalue weighted by molar-refractivity contribution is 0.413. The summed E-state index contributed by atoms with van der Waals surface area (Å²) in [6.07, 6.45) is 1.80. The Morgan fingerprint density at radius 2 is 2.00 bits per heavy atom. The molecule has 2 rings (SSSR count). The fraction of sp³-hybridized carbons (Fsp3) is 0.417. The zero-order valence-electron chi connectivity index (χ0n) is 10.6. The van der Waals surface area contributed by atoms with Crippen molar-refractivity contribution in [3.8, 4) is 5.75 Å². The van der Waals surface area contributed by atoms with E-state index < -0.39 is 10.0 Å². The number of hydrogen-bond donors (Lipinski definition) is 1. The molecule has 1 aliphatic heterocycles. The number of sulfonamides is 1. The third-order valence-corrected chi connectivity index (χ3v) is 5.25. The Balaban J connectivity index is 2.45. The second-order valence-corrected chi connectivity index (χ2v) is 6.72. The van der Waals surface area contributed by atoms with Gasteiger partial charge in [-0.15, -0.1) is 0 Å². The van der Waals surface area contributed by atoms with Gasteiger partial charge in [0.25, 0.3) is 0 Å². The van der Waals surface area contributed by atoms with Gasteiger partial charge in [-0.3, -0.25) is 0 Å². The smallest absolute Gasteiger partial charge is 0.243 e. The van der Waals surface area contributed by atoms with E-state index in [2.05, 4.69) is 0 Å². The molecular formula is C12H16N2O3S2. The highest BCUT2D eigenvalue weighted by Gasteiger charge is 2.27. The molecule has 1 saturated heterocycles. The number of ether oxygens (including phenoxy) is 1. The van der Waals surface area contributed by atoms with Gasteiger partial charge >= 0.3 is 0 Å². The number of thiocarbonyl (C=S) groups is 1. The summed E-state index contributed by atoms with van der Waals surface area (Å²) >= 11 is 4.92. The summed E-state index contributed by atoms with van der Waals surface area (Å²) < 4.78 is 31.4. The first-order chi connectivity index (χ1) is 8.96. The fourth-order valence-corrected chi connectivity index (χ4v) is 3.82. The molecule has 5 nitrogen and oxygen atoms in total. The summed E-state index contributed by atoms with van der Waals surface area (Å²) in [5.74, 6) is 0.480. The highest BCUT2D eigenvalue weighted by Crippen LogP contribution is 2.26. The molecule has 0 spiro atoms. The Morgan fingerprint density at radius 1 is 1.37 bits per heavy atom. The van der Waals surface area contributed by atoms with Crippen molar-refractivity contribution in [1.29, 1.82) is 0 Å². The molecule has 1 fully saturated rings. The van der Waals surface area contributed by atoms with Gasteiger partial charge < -0.3 is 10.5 Å². The Hall–Kier alpha value is -1.18. The first-order valence-electron chi connectivity index (χ1n) is 5.95. The van der Waals surface area contributed by atoms with Gasteiger partial charge in [0, 0.05) is 13.1 Å². The minimum absolute atomic E-state index is 0.121. The van der Waals surface area contributed by atoms with E-state index in [1.807, 2.05) is 0 Å². The molecule has 104 valence electrons. The van der Waals surface area contributed by atoms with Crippen LogP contribution in [0.2, 0.25) is 0 Å². The van der Waals surface area contributed by atoms with Crippen molar-refractivity contribution in [3.05, 3.63) is 23.8 Å². The third-order valence-electron chi connectivity index (χ3n) is 3.14. The minimum Gasteiger partial charge on any atom is -0.496 e. The Kier molecular flexibility index (Phi) is 4.07. The van der Waals surface area contributed by atoms with Crippen LogP contribution in [0.3, 0.4) is 0 Å². The van der Waals surface area contributed by atoms with Crippen molar-refractivity contribution in [1.82, 2.24) is 4.31 Å². The maximum absolute atomic E-state index is 12.4. The van der Waals surface area contributed by atoms with Crippen LogP contribution < -0.4 is 10.5 Å². The Labute approximate surface area is 118 Å². The van der Waals surface area contributed by atoms with Crippen LogP contribution in [-0.4, -0.2) is 37.9 Å². The normalized spacial score (nSPS) is 16.5. The predicted octanol–water partition coefficient (Wildman–Crippen LogP) is 1.11. The topological polar surface area (TPSA) is 72.6 Å². The number of methoxy groups -OCH3 is 1. The van der Waals surface area contributed by atoms with Gasteiger partial charge in [0.2, 0.25) is 10.0 Å². The minimum atomic E-state index is -3.46. The molecule has 1 aromatic carbocycles. The van der Waals surface area contributed by atoms with Crippen molar-refractivity contribution in [2.24, 2.45) is 5.73 Å². The van der Waals surface area contributed by atoms with Gasteiger partial charge in [0.15, 0.2) is 0 Å². The molecule has 1 aliphatic rings. The van der Waals surface area contributed by atoms with Crippen molar-refractivity contribution in [2.45, 2.75) is 17.7 Å². The zero-order valence-corrected chi connectivity index (χ0v) is 12.3. The van der Waals surface area contributed by atoms with E-state index in [4.69, 9.17) is 22.7 Å². The maximum atomic E-state index is 12.4. The molecule has 19 heavy (non-hydrogen) atoms. The lowest BCUT2D eigenvalue weighted by Crippen LogP contribution is -2.28. The molecule has 0 bridgehead atoms. The van der Waals surface area contributed by atoms with E-state index >= 15 is 0 Å². The van der Waals surface area contributed by atoms with E-state index in [1.165, 1.54) is 23.5 Å². The monoisotopic (exact) mass is 300 g/mol. The van der Waals surface area contributed by atoms with E-state index in [9.17, 15) is 8.42 Å². The number of benzene rings is 1. The van der Waals surface area contributed by atoms with Crippen LogP contribution in [0, 0.1) is 0 Å². The second kappa shape index (κ2) is 5.44. The van der Waals surface area contributed by atoms with Crippen LogP contribution in [0.4, 0.5) is 0 Å². The number of nitrogens with zero attached hydrogens (tertiary/aromatic N) is 1. The summed E-state index contributed by atoms with van der Waals surface area (Å²) in [7, 11) is -1.97. The summed E-state index contributed by atoms with van der Waals surface area (Å²) in [5.41, 5.74) is 6.04. The molecular weight excluding hydrogens is 284 g/mol. The van der Waals surface area contributed by atoms with Crippen molar-refractivity contribution >= 4 is 27.2 Å². The zero-order chi connectivity index (χ0) is 14.0. The Morgan fingerprint density at radius 3 is 2.53 bits per heavy atom. The largest absolute Gasteiger partial charge is 0.496 e. The summed E-state index contributed by atoms with van der Waals surface area (Å²) in [6.45, 7) is 1.13. The van der Waals surface area contributed by atoms with Crippen molar-refractivity contribution in [2.75, 3.05) is 20.2 Å². The maximum Gasteiger partial charge on any atom is 0.243 e. The lowest BCUT2D eigenvalue weighted by Gasteiger charge is -2.17. The average molecular weight is 300 g/mol. The molecule has 0 aliphatic carbocycles. The third kappa shape index (κ3) is 2.72. The average Bonchev–Trinajstić information content (AvgIpc) is 2.92. The van der Waals surface area contributed by atoms with Gasteiger partial charge in [-0.1, -0.05) is 12.2 Å². The number of nitrogens with two attached hydrogens (primary N) is 1. The molecule has 0 unspecified atom stereocenters. The summed E-state index contributed by atoms with van der Waals surface area (Å²) in [5, 5.41) is 0. The summed E-state index contributed by atoms with van der Waals surface area (Å²) in [4.78, 5) is 0.327. The van der Waals surface area contributed by atoms with Crippen LogP contribution >= 0.6 is 12.2 Å². The molecule has 1 heterocycles. The van der Waals surface area contributed by atoms with Gasteiger partial charge in [-0.05, 0) is 31.0 Å². The first kappa shape index (κ1) is 14.2. The van der Waals surface area contributed by atoms with Gasteiger partial charge in [-0.25, -0.2) is 8.42 Å². The molecule has 0 aromatic heterocycles. The molecule has 7 heteroatoms. The van der Waals surface area contributed by atoms with Crippen LogP contribution in [-0.2, 0) is 10.0 Å². The molecule has 0 atom stereocenters. The lowest BCUT2D eigenvalue weighted by atomic mass is 10.2. The van der Waals surface area contributed by atoms with E-state index in [1.54, 1.807) is 6.07 Å². The van der Waals surface area contributed by atoms with E-state index in [-0.39, 0.29) is 9.88 Å². The number of hydrogen-bond acceptors (Lipinski definition) is 4. The molecule has 1 aromatic rings. The Bertz CT molecular complexity index is 593. The van der Waals surface area contributed by atoms with Crippen molar-refractivity contribution in [3.63, 3.8) is 0 Å². The fourth-order valence-electron chi connectivity index (χ4n) is 2.12. The molecule has 0 radical (unpaired) electrons. The van der Waals surface area contributed by atoms with Crippen molar-refractivity contribution < 1.29 is 13.2 Å². The van der Waals surface area contributed by atoms with E-state index in [0.717, 1.165) is 12.8 Å². The van der Waals surface area contributed by atoms with Gasteiger partial charge in [0.1, 0.15) is 10.7 Å². The van der Waals surface area contributed by atoms with Crippen LogP contribution in [0.5, 0.6) is 5.75 Å². The molecule has 0 amide bonds. The SMILES string of the molecule is COc1ccc(S(=O)(=O)N2CCCC2)cc1C(N)=S. The highest BCUT2D eigenvalue weighted by molar-refractivity contribution is 7.89. The highest BCUT2D eigenvalue weighted by atomic mass is 32.2. The first-order valence-corrected chi connectivity index (χ1v) is 7.79. The number of rotatable bonds is 4. The quantitative estimate of drug-likeness (QED) is 0.843. The molecule has 2 N–H and O–H groups in total. The van der Waals surface area contributed by atoms with Crippen LogP contribution in [0.1, 0.15) is 18.4 Å². The van der Waals surface area contributed by atoms with E-state index in [0.29, 0.717) is 24.4 Å². The molecule has 0 saturated carbocycles. The second-order valence-electron chi connectivity index (χ2n) is 4.34.